The van der Waals surface area contributed by atoms with Crippen molar-refractivity contribution in [3.05, 3.63) is 41.7 Å². The second-order valence-electron chi connectivity index (χ2n) is 5.12. The topological polar surface area (TPSA) is 59.4 Å². The van der Waals surface area contributed by atoms with Crippen LogP contribution >= 0.6 is 0 Å². The molecule has 1 aliphatic heterocycles. The first-order valence-corrected chi connectivity index (χ1v) is 6.93. The molecule has 1 aliphatic rings. The summed E-state index contributed by atoms with van der Waals surface area (Å²) in [6.07, 6.45) is 6.20. The fraction of sp³-hybridized carbons (Fsp3) is 0.333. The van der Waals surface area contributed by atoms with Crippen LogP contribution in [0.2, 0.25) is 0 Å². The fourth-order valence-corrected chi connectivity index (χ4v) is 2.47. The molecule has 0 atom stereocenters. The highest BCUT2D eigenvalue weighted by Gasteiger charge is 2.11. The summed E-state index contributed by atoms with van der Waals surface area (Å²) in [6, 6.07) is 8.46. The zero-order valence-electron chi connectivity index (χ0n) is 11.7. The van der Waals surface area contributed by atoms with Crippen LogP contribution in [0, 0.1) is 6.92 Å². The monoisotopic (exact) mass is 269 g/mol. The van der Waals surface area contributed by atoms with Gasteiger partial charge >= 0.3 is 0 Å². The molecule has 20 heavy (non-hydrogen) atoms. The van der Waals surface area contributed by atoms with Gasteiger partial charge in [0, 0.05) is 18.8 Å². The Balaban J connectivity index is 1.73. The Morgan fingerprint density at radius 3 is 2.50 bits per heavy atom. The Bertz CT molecular complexity index is 606. The fourth-order valence-electron chi connectivity index (χ4n) is 2.47. The molecule has 5 nitrogen and oxygen atoms in total. The molecule has 2 N–H and O–H groups in total. The van der Waals surface area contributed by atoms with Crippen molar-refractivity contribution in [2.45, 2.75) is 19.8 Å². The third kappa shape index (κ3) is 2.66. The average Bonchev–Trinajstić information content (AvgIpc) is 3.07. The SMILES string of the molecule is Cc1cn(N=Cc2ccc(N3CCCC3)cc2)c(N)n1. The molecular formula is C15H19N5. The molecule has 2 aromatic rings. The number of nitrogens with zero attached hydrogens (tertiary/aromatic N) is 4. The van der Waals surface area contributed by atoms with E-state index in [9.17, 15) is 0 Å². The van der Waals surface area contributed by atoms with E-state index in [0.717, 1.165) is 24.3 Å². The first-order chi connectivity index (χ1) is 9.72. The van der Waals surface area contributed by atoms with Crippen molar-refractivity contribution in [3.8, 4) is 0 Å². The minimum Gasteiger partial charge on any atom is -0.372 e. The van der Waals surface area contributed by atoms with Crippen LogP contribution in [-0.4, -0.2) is 29.0 Å². The van der Waals surface area contributed by atoms with Crippen LogP contribution in [0.5, 0.6) is 0 Å². The molecule has 2 heterocycles. The maximum atomic E-state index is 5.74. The van der Waals surface area contributed by atoms with Gasteiger partial charge in [0.15, 0.2) is 0 Å². The van der Waals surface area contributed by atoms with Gasteiger partial charge in [-0.25, -0.2) is 9.66 Å². The summed E-state index contributed by atoms with van der Waals surface area (Å²) in [5.74, 6) is 0.410. The lowest BCUT2D eigenvalue weighted by molar-refractivity contribution is 0.897. The highest BCUT2D eigenvalue weighted by atomic mass is 15.4. The number of nitrogens with two attached hydrogens (primary N) is 1. The molecule has 3 rings (SSSR count). The van der Waals surface area contributed by atoms with E-state index in [1.165, 1.54) is 18.5 Å². The number of nitrogen functional groups attached to an aromatic ring is 1. The molecule has 1 fully saturated rings. The number of imidazole rings is 1. The number of hydrogen-bond donors (Lipinski definition) is 1. The van der Waals surface area contributed by atoms with Crippen molar-refractivity contribution in [1.82, 2.24) is 9.66 Å². The van der Waals surface area contributed by atoms with E-state index in [4.69, 9.17) is 5.73 Å². The predicted molar refractivity (Wildman–Crippen MR) is 82.3 cm³/mol. The van der Waals surface area contributed by atoms with Crippen LogP contribution in [0.15, 0.2) is 35.6 Å². The van der Waals surface area contributed by atoms with E-state index in [1.54, 1.807) is 10.9 Å². The summed E-state index contributed by atoms with van der Waals surface area (Å²) in [5, 5.41) is 4.31. The van der Waals surface area contributed by atoms with Gasteiger partial charge in [0.2, 0.25) is 5.95 Å². The van der Waals surface area contributed by atoms with Gasteiger partial charge in [-0.05, 0) is 37.5 Å². The quantitative estimate of drug-likeness (QED) is 0.869. The van der Waals surface area contributed by atoms with Gasteiger partial charge in [0.1, 0.15) is 0 Å². The Hall–Kier alpha value is -2.30. The highest BCUT2D eigenvalue weighted by Crippen LogP contribution is 2.20. The lowest BCUT2D eigenvalue weighted by Crippen LogP contribution is -2.17. The molecule has 5 heteroatoms. The van der Waals surface area contributed by atoms with Crippen LogP contribution in [0.4, 0.5) is 11.6 Å². The number of rotatable bonds is 3. The number of hydrogen-bond acceptors (Lipinski definition) is 4. The maximum Gasteiger partial charge on any atom is 0.221 e. The van der Waals surface area contributed by atoms with Crippen molar-refractivity contribution in [2.75, 3.05) is 23.7 Å². The normalized spacial score (nSPS) is 15.3. The van der Waals surface area contributed by atoms with Gasteiger partial charge in [-0.2, -0.15) is 5.10 Å². The minimum absolute atomic E-state index is 0.410. The van der Waals surface area contributed by atoms with E-state index in [-0.39, 0.29) is 0 Å². The summed E-state index contributed by atoms with van der Waals surface area (Å²) >= 11 is 0. The molecule has 1 saturated heterocycles. The summed E-state index contributed by atoms with van der Waals surface area (Å²) in [7, 11) is 0. The summed E-state index contributed by atoms with van der Waals surface area (Å²) in [4.78, 5) is 6.52. The van der Waals surface area contributed by atoms with E-state index < -0.39 is 0 Å². The molecule has 1 aromatic heterocycles. The lowest BCUT2D eigenvalue weighted by atomic mass is 10.2. The molecule has 1 aromatic carbocycles. The molecule has 0 spiro atoms. The van der Waals surface area contributed by atoms with Gasteiger partial charge in [-0.1, -0.05) is 12.1 Å². The zero-order valence-corrected chi connectivity index (χ0v) is 11.7. The third-order valence-electron chi connectivity index (χ3n) is 3.53. The largest absolute Gasteiger partial charge is 0.372 e. The average molecular weight is 269 g/mol. The second-order valence-corrected chi connectivity index (χ2v) is 5.12. The first-order valence-electron chi connectivity index (χ1n) is 6.93. The van der Waals surface area contributed by atoms with E-state index in [2.05, 4.69) is 39.3 Å². The van der Waals surface area contributed by atoms with Gasteiger partial charge < -0.3 is 10.6 Å². The summed E-state index contributed by atoms with van der Waals surface area (Å²) in [5.41, 5.74) is 8.95. The highest BCUT2D eigenvalue weighted by molar-refractivity contribution is 5.80. The van der Waals surface area contributed by atoms with Crippen LogP contribution in [0.3, 0.4) is 0 Å². The molecule has 0 saturated carbocycles. The van der Waals surface area contributed by atoms with Crippen molar-refractivity contribution in [2.24, 2.45) is 5.10 Å². The predicted octanol–water partition coefficient (Wildman–Crippen LogP) is 2.26. The first kappa shape index (κ1) is 12.7. The van der Waals surface area contributed by atoms with E-state index in [0.29, 0.717) is 5.95 Å². The van der Waals surface area contributed by atoms with Crippen molar-refractivity contribution < 1.29 is 0 Å². The van der Waals surface area contributed by atoms with Crippen LogP contribution < -0.4 is 10.6 Å². The van der Waals surface area contributed by atoms with Crippen molar-refractivity contribution in [1.29, 1.82) is 0 Å². The van der Waals surface area contributed by atoms with Crippen molar-refractivity contribution >= 4 is 17.9 Å². The van der Waals surface area contributed by atoms with Gasteiger partial charge in [0.25, 0.3) is 0 Å². The number of aryl methyl sites for hydroxylation is 1. The van der Waals surface area contributed by atoms with Crippen LogP contribution in [0.25, 0.3) is 0 Å². The molecule has 0 radical (unpaired) electrons. The minimum atomic E-state index is 0.410. The number of aromatic nitrogens is 2. The molecular weight excluding hydrogens is 250 g/mol. The third-order valence-corrected chi connectivity index (χ3v) is 3.53. The van der Waals surface area contributed by atoms with Crippen molar-refractivity contribution in [3.63, 3.8) is 0 Å². The van der Waals surface area contributed by atoms with Crippen LogP contribution in [0.1, 0.15) is 24.1 Å². The van der Waals surface area contributed by atoms with Gasteiger partial charge in [-0.15, -0.1) is 0 Å². The molecule has 104 valence electrons. The Labute approximate surface area is 118 Å². The lowest BCUT2D eigenvalue weighted by Gasteiger charge is -2.17. The van der Waals surface area contributed by atoms with E-state index >= 15 is 0 Å². The zero-order chi connectivity index (χ0) is 13.9. The Kier molecular flexibility index (Phi) is 3.41. The van der Waals surface area contributed by atoms with Crippen LogP contribution in [-0.2, 0) is 0 Å². The van der Waals surface area contributed by atoms with Gasteiger partial charge in [-0.3, -0.25) is 0 Å². The summed E-state index contributed by atoms with van der Waals surface area (Å²) < 4.78 is 1.59. The standard InChI is InChI=1S/C15H19N5/c1-12-11-20(15(16)18-12)17-10-13-4-6-14(7-5-13)19-8-2-3-9-19/h4-7,10-11H,2-3,8-9H2,1H3,(H2,16,18). The van der Waals surface area contributed by atoms with Gasteiger partial charge in [0.05, 0.1) is 18.1 Å². The number of anilines is 2. The molecule has 0 bridgehead atoms. The number of benzene rings is 1. The smallest absolute Gasteiger partial charge is 0.221 e. The summed E-state index contributed by atoms with van der Waals surface area (Å²) in [6.45, 7) is 4.23. The van der Waals surface area contributed by atoms with E-state index in [1.807, 2.05) is 13.1 Å². The Morgan fingerprint density at radius 2 is 1.90 bits per heavy atom. The molecule has 0 amide bonds. The Morgan fingerprint density at radius 1 is 1.20 bits per heavy atom. The molecule has 0 aliphatic carbocycles. The molecule has 0 unspecified atom stereocenters. The second kappa shape index (κ2) is 5.36. The maximum absolute atomic E-state index is 5.74.